The Morgan fingerprint density at radius 1 is 1.43 bits per heavy atom. The number of rotatable bonds is 4. The van der Waals surface area contributed by atoms with E-state index in [0.717, 1.165) is 6.42 Å². The molecule has 0 aliphatic carbocycles. The molecular weight excluding hydrogens is 314 g/mol. The number of hydrogen-bond donors (Lipinski definition) is 2. The van der Waals surface area contributed by atoms with Gasteiger partial charge in [-0.1, -0.05) is 25.4 Å². The summed E-state index contributed by atoms with van der Waals surface area (Å²) in [4.78, 5) is 26.4. The number of hydrogen-bond acceptors (Lipinski definition) is 3. The molecule has 1 aliphatic heterocycles. The standard InChI is InChI=1S/C17H24ClN3O2/c1-10(2)16(22)20-13-4-5-15(18)14(7-13)17(23)21-9-12(8-19)6-11(21)3/h4-5,7,10-12H,6,8-9,19H2,1-3H3,(H,20,22). The Morgan fingerprint density at radius 3 is 2.70 bits per heavy atom. The van der Waals surface area contributed by atoms with E-state index < -0.39 is 0 Å². The summed E-state index contributed by atoms with van der Waals surface area (Å²) in [6, 6.07) is 5.13. The van der Waals surface area contributed by atoms with Crippen molar-refractivity contribution >= 4 is 29.1 Å². The first kappa shape index (κ1) is 17.8. The summed E-state index contributed by atoms with van der Waals surface area (Å²) in [7, 11) is 0. The lowest BCUT2D eigenvalue weighted by Crippen LogP contribution is -2.34. The molecule has 2 unspecified atom stereocenters. The molecule has 6 heteroatoms. The summed E-state index contributed by atoms with van der Waals surface area (Å²) in [6.45, 7) is 6.87. The molecule has 0 saturated carbocycles. The van der Waals surface area contributed by atoms with Crippen LogP contribution in [0.4, 0.5) is 5.69 Å². The van der Waals surface area contributed by atoms with Gasteiger partial charge in [-0.15, -0.1) is 0 Å². The highest BCUT2D eigenvalue weighted by atomic mass is 35.5. The predicted octanol–water partition coefficient (Wildman–Crippen LogP) is 2.74. The van der Waals surface area contributed by atoms with Crippen LogP contribution >= 0.6 is 11.6 Å². The number of carbonyl (C=O) groups is 2. The van der Waals surface area contributed by atoms with Crippen molar-refractivity contribution in [3.05, 3.63) is 28.8 Å². The maximum Gasteiger partial charge on any atom is 0.255 e. The topological polar surface area (TPSA) is 75.4 Å². The molecule has 0 spiro atoms. The number of benzene rings is 1. The number of anilines is 1. The quantitative estimate of drug-likeness (QED) is 0.887. The van der Waals surface area contributed by atoms with E-state index in [0.29, 0.717) is 35.3 Å². The van der Waals surface area contributed by atoms with Gasteiger partial charge in [0.15, 0.2) is 0 Å². The van der Waals surface area contributed by atoms with E-state index in [4.69, 9.17) is 17.3 Å². The average Bonchev–Trinajstić information content (AvgIpc) is 2.89. The molecule has 5 nitrogen and oxygen atoms in total. The zero-order valence-corrected chi connectivity index (χ0v) is 14.6. The molecule has 1 aromatic rings. The monoisotopic (exact) mass is 337 g/mol. The average molecular weight is 338 g/mol. The van der Waals surface area contributed by atoms with Crippen molar-refractivity contribution in [3.8, 4) is 0 Å². The van der Waals surface area contributed by atoms with Gasteiger partial charge in [0.25, 0.3) is 5.91 Å². The Hall–Kier alpha value is -1.59. The van der Waals surface area contributed by atoms with E-state index >= 15 is 0 Å². The molecule has 1 aliphatic rings. The summed E-state index contributed by atoms with van der Waals surface area (Å²) >= 11 is 6.20. The van der Waals surface area contributed by atoms with Gasteiger partial charge in [-0.3, -0.25) is 9.59 Å². The van der Waals surface area contributed by atoms with Crippen LogP contribution in [0.5, 0.6) is 0 Å². The minimum Gasteiger partial charge on any atom is -0.336 e. The van der Waals surface area contributed by atoms with E-state index in [9.17, 15) is 9.59 Å². The fourth-order valence-electron chi connectivity index (χ4n) is 2.80. The minimum atomic E-state index is -0.131. The van der Waals surface area contributed by atoms with Gasteiger partial charge in [0.05, 0.1) is 10.6 Å². The van der Waals surface area contributed by atoms with Crippen LogP contribution in [0.3, 0.4) is 0 Å². The molecule has 23 heavy (non-hydrogen) atoms. The Morgan fingerprint density at radius 2 is 2.13 bits per heavy atom. The number of carbonyl (C=O) groups excluding carboxylic acids is 2. The molecule has 1 aromatic carbocycles. The van der Waals surface area contributed by atoms with Crippen molar-refractivity contribution in [2.24, 2.45) is 17.6 Å². The zero-order valence-electron chi connectivity index (χ0n) is 13.8. The van der Waals surface area contributed by atoms with Crippen molar-refractivity contribution in [1.29, 1.82) is 0 Å². The second-order valence-electron chi connectivity index (χ2n) is 6.48. The summed E-state index contributed by atoms with van der Waals surface area (Å²) in [5, 5.41) is 3.19. The van der Waals surface area contributed by atoms with Gasteiger partial charge in [0, 0.05) is 24.2 Å². The highest BCUT2D eigenvalue weighted by molar-refractivity contribution is 6.34. The smallest absolute Gasteiger partial charge is 0.255 e. The molecule has 1 heterocycles. The lowest BCUT2D eigenvalue weighted by Gasteiger charge is -2.22. The molecule has 2 amide bonds. The van der Waals surface area contributed by atoms with Gasteiger partial charge in [-0.25, -0.2) is 0 Å². The first-order valence-electron chi connectivity index (χ1n) is 7.95. The molecule has 1 saturated heterocycles. The van der Waals surface area contributed by atoms with Crippen molar-refractivity contribution in [3.63, 3.8) is 0 Å². The second-order valence-corrected chi connectivity index (χ2v) is 6.89. The first-order valence-corrected chi connectivity index (χ1v) is 8.32. The number of nitrogens with two attached hydrogens (primary N) is 1. The van der Waals surface area contributed by atoms with Gasteiger partial charge in [-0.05, 0) is 44.0 Å². The number of likely N-dealkylation sites (tertiary alicyclic amines) is 1. The fourth-order valence-corrected chi connectivity index (χ4v) is 3.00. The highest BCUT2D eigenvalue weighted by Gasteiger charge is 2.33. The largest absolute Gasteiger partial charge is 0.336 e. The van der Waals surface area contributed by atoms with Crippen LogP contribution in [0.15, 0.2) is 18.2 Å². The Kier molecular flexibility index (Phi) is 5.65. The van der Waals surface area contributed by atoms with E-state index in [2.05, 4.69) is 5.32 Å². The number of halogens is 1. The van der Waals surface area contributed by atoms with E-state index in [1.165, 1.54) is 0 Å². The SMILES string of the molecule is CC(C)C(=O)Nc1ccc(Cl)c(C(=O)N2CC(CN)CC2C)c1. The van der Waals surface area contributed by atoms with Crippen LogP contribution < -0.4 is 11.1 Å². The van der Waals surface area contributed by atoms with E-state index in [1.807, 2.05) is 25.7 Å². The molecule has 126 valence electrons. The predicted molar refractivity (Wildman–Crippen MR) is 92.6 cm³/mol. The highest BCUT2D eigenvalue weighted by Crippen LogP contribution is 2.28. The van der Waals surface area contributed by atoms with E-state index in [1.54, 1.807) is 18.2 Å². The van der Waals surface area contributed by atoms with Gasteiger partial charge in [-0.2, -0.15) is 0 Å². The Balaban J connectivity index is 2.21. The second kappa shape index (κ2) is 7.32. The third kappa shape index (κ3) is 4.03. The van der Waals surface area contributed by atoms with Crippen LogP contribution in [0.1, 0.15) is 37.6 Å². The molecular formula is C17H24ClN3O2. The van der Waals surface area contributed by atoms with Crippen LogP contribution in [-0.4, -0.2) is 35.8 Å². The number of amides is 2. The lowest BCUT2D eigenvalue weighted by molar-refractivity contribution is -0.118. The van der Waals surface area contributed by atoms with Gasteiger partial charge in [0.2, 0.25) is 5.91 Å². The number of nitrogens with zero attached hydrogens (tertiary/aromatic N) is 1. The van der Waals surface area contributed by atoms with Crippen LogP contribution in [0.25, 0.3) is 0 Å². The Bertz CT molecular complexity index is 604. The normalized spacial score (nSPS) is 20.9. The molecule has 2 rings (SSSR count). The maximum absolute atomic E-state index is 12.8. The first-order chi connectivity index (χ1) is 10.8. The van der Waals surface area contributed by atoms with E-state index in [-0.39, 0.29) is 23.8 Å². The lowest BCUT2D eigenvalue weighted by atomic mass is 10.1. The molecule has 2 atom stereocenters. The molecule has 0 bridgehead atoms. The van der Waals surface area contributed by atoms with Crippen molar-refractivity contribution in [2.75, 3.05) is 18.4 Å². The third-order valence-electron chi connectivity index (χ3n) is 4.24. The molecule has 0 radical (unpaired) electrons. The molecule has 1 fully saturated rings. The minimum absolute atomic E-state index is 0.0940. The van der Waals surface area contributed by atoms with Crippen molar-refractivity contribution in [2.45, 2.75) is 33.2 Å². The zero-order chi connectivity index (χ0) is 17.1. The van der Waals surface area contributed by atoms with Gasteiger partial charge >= 0.3 is 0 Å². The third-order valence-corrected chi connectivity index (χ3v) is 4.57. The summed E-state index contributed by atoms with van der Waals surface area (Å²) in [5.74, 6) is -0.00662. The summed E-state index contributed by atoms with van der Waals surface area (Å²) in [5.41, 5.74) is 6.72. The van der Waals surface area contributed by atoms with Gasteiger partial charge < -0.3 is 16.0 Å². The maximum atomic E-state index is 12.8. The fraction of sp³-hybridized carbons (Fsp3) is 0.529. The van der Waals surface area contributed by atoms with Crippen molar-refractivity contribution < 1.29 is 9.59 Å². The summed E-state index contributed by atoms with van der Waals surface area (Å²) in [6.07, 6.45) is 0.906. The van der Waals surface area contributed by atoms with Crippen LogP contribution in [0, 0.1) is 11.8 Å². The number of nitrogens with one attached hydrogen (secondary N) is 1. The van der Waals surface area contributed by atoms with Crippen LogP contribution in [0.2, 0.25) is 5.02 Å². The van der Waals surface area contributed by atoms with Crippen LogP contribution in [-0.2, 0) is 4.79 Å². The molecule has 0 aromatic heterocycles. The van der Waals surface area contributed by atoms with Gasteiger partial charge in [0.1, 0.15) is 0 Å². The Labute approximate surface area is 142 Å². The molecule has 3 N–H and O–H groups in total. The van der Waals surface area contributed by atoms with Crippen molar-refractivity contribution in [1.82, 2.24) is 4.90 Å². The summed E-state index contributed by atoms with van der Waals surface area (Å²) < 4.78 is 0.